The van der Waals surface area contributed by atoms with Crippen molar-refractivity contribution in [1.82, 2.24) is 5.06 Å². The SMILES string of the molecule is CCCCCCCCCCc1ccc(C(=O)C(C)ON2C(=O)CCC2=O)cc1. The molecule has 0 aromatic heterocycles. The molecule has 2 rings (SSSR count). The second-order valence-corrected chi connectivity index (χ2v) is 7.62. The van der Waals surface area contributed by atoms with Crippen molar-refractivity contribution < 1.29 is 19.2 Å². The zero-order chi connectivity index (χ0) is 20.4. The van der Waals surface area contributed by atoms with Crippen molar-refractivity contribution in [1.29, 1.82) is 0 Å². The van der Waals surface area contributed by atoms with Crippen LogP contribution in [0.15, 0.2) is 24.3 Å². The largest absolute Gasteiger partial charge is 0.291 e. The lowest BCUT2D eigenvalue weighted by molar-refractivity contribution is -0.194. The third-order valence-corrected chi connectivity index (χ3v) is 5.20. The van der Waals surface area contributed by atoms with Crippen molar-refractivity contribution in [2.45, 2.75) is 90.6 Å². The Balaban J connectivity index is 1.71. The highest BCUT2D eigenvalue weighted by molar-refractivity contribution is 6.02. The van der Waals surface area contributed by atoms with Gasteiger partial charge in [-0.2, -0.15) is 5.06 Å². The summed E-state index contributed by atoms with van der Waals surface area (Å²) < 4.78 is 0. The van der Waals surface area contributed by atoms with Crippen LogP contribution < -0.4 is 0 Å². The van der Waals surface area contributed by atoms with E-state index in [2.05, 4.69) is 6.92 Å². The summed E-state index contributed by atoms with van der Waals surface area (Å²) >= 11 is 0. The number of Topliss-reactive ketones (excluding diaryl/α,β-unsaturated/α-hetero) is 1. The van der Waals surface area contributed by atoms with Crippen LogP contribution in [0.1, 0.15) is 94.0 Å². The summed E-state index contributed by atoms with van der Waals surface area (Å²) in [5, 5.41) is 0.735. The number of nitrogens with zero attached hydrogens (tertiary/aromatic N) is 1. The Morgan fingerprint density at radius 2 is 1.46 bits per heavy atom. The Labute approximate surface area is 168 Å². The fourth-order valence-electron chi connectivity index (χ4n) is 3.41. The summed E-state index contributed by atoms with van der Waals surface area (Å²) in [5.74, 6) is -0.998. The van der Waals surface area contributed by atoms with Crippen molar-refractivity contribution >= 4 is 17.6 Å². The highest BCUT2D eigenvalue weighted by Crippen LogP contribution is 2.17. The predicted octanol–water partition coefficient (Wildman–Crippen LogP) is 5.02. The van der Waals surface area contributed by atoms with E-state index < -0.39 is 6.10 Å². The Morgan fingerprint density at radius 3 is 2.04 bits per heavy atom. The molecule has 2 amide bonds. The minimum absolute atomic E-state index is 0.146. The first-order valence-electron chi connectivity index (χ1n) is 10.7. The van der Waals surface area contributed by atoms with Gasteiger partial charge in [0, 0.05) is 18.4 Å². The van der Waals surface area contributed by atoms with E-state index in [0.717, 1.165) is 11.5 Å². The molecule has 1 unspecified atom stereocenters. The van der Waals surface area contributed by atoms with E-state index in [4.69, 9.17) is 4.84 Å². The van der Waals surface area contributed by atoms with Gasteiger partial charge in [0.15, 0.2) is 5.78 Å². The fraction of sp³-hybridized carbons (Fsp3) is 0.609. The Kier molecular flexibility index (Phi) is 9.35. The van der Waals surface area contributed by atoms with Crippen LogP contribution in [0.4, 0.5) is 0 Å². The van der Waals surface area contributed by atoms with Gasteiger partial charge in [-0.05, 0) is 25.3 Å². The molecule has 0 spiro atoms. The molecule has 0 bridgehead atoms. The number of carbonyl (C=O) groups is 3. The number of ketones is 1. The Bertz CT molecular complexity index is 637. The van der Waals surface area contributed by atoms with Crippen molar-refractivity contribution in [2.24, 2.45) is 0 Å². The number of rotatable bonds is 13. The lowest BCUT2D eigenvalue weighted by atomic mass is 10.0. The third kappa shape index (κ3) is 6.86. The van der Waals surface area contributed by atoms with Crippen molar-refractivity contribution in [3.05, 3.63) is 35.4 Å². The van der Waals surface area contributed by atoms with E-state index >= 15 is 0 Å². The minimum atomic E-state index is -0.871. The zero-order valence-electron chi connectivity index (χ0n) is 17.2. The van der Waals surface area contributed by atoms with Gasteiger partial charge in [-0.15, -0.1) is 0 Å². The maximum absolute atomic E-state index is 12.5. The van der Waals surface area contributed by atoms with Gasteiger partial charge in [0.2, 0.25) is 0 Å². The molecule has 28 heavy (non-hydrogen) atoms. The van der Waals surface area contributed by atoms with E-state index in [1.54, 1.807) is 19.1 Å². The molecule has 1 aromatic rings. The van der Waals surface area contributed by atoms with Gasteiger partial charge >= 0.3 is 0 Å². The summed E-state index contributed by atoms with van der Waals surface area (Å²) in [6.07, 6.45) is 10.8. The molecule has 5 heteroatoms. The van der Waals surface area contributed by atoms with Crippen LogP contribution in [0.25, 0.3) is 0 Å². The summed E-state index contributed by atoms with van der Waals surface area (Å²) in [6, 6.07) is 7.56. The second kappa shape index (κ2) is 11.7. The molecule has 1 fully saturated rings. The average Bonchev–Trinajstić information content (AvgIpc) is 3.02. The monoisotopic (exact) mass is 387 g/mol. The maximum Gasteiger partial charge on any atom is 0.254 e. The molecule has 0 saturated carbocycles. The summed E-state index contributed by atoms with van der Waals surface area (Å²) in [6.45, 7) is 3.80. The quantitative estimate of drug-likeness (QED) is 0.271. The topological polar surface area (TPSA) is 63.7 Å². The van der Waals surface area contributed by atoms with E-state index in [-0.39, 0.29) is 30.4 Å². The van der Waals surface area contributed by atoms with Gasteiger partial charge in [-0.1, -0.05) is 76.1 Å². The maximum atomic E-state index is 12.5. The lowest BCUT2D eigenvalue weighted by Gasteiger charge is -2.18. The van der Waals surface area contributed by atoms with E-state index in [0.29, 0.717) is 5.56 Å². The molecule has 0 aliphatic carbocycles. The minimum Gasteiger partial charge on any atom is -0.291 e. The molecule has 1 atom stereocenters. The summed E-state index contributed by atoms with van der Waals surface area (Å²) in [4.78, 5) is 41.0. The first kappa shape index (κ1) is 22.3. The van der Waals surface area contributed by atoms with Gasteiger partial charge < -0.3 is 0 Å². The molecular formula is C23H33NO4. The van der Waals surface area contributed by atoms with E-state index in [1.807, 2.05) is 12.1 Å². The number of amides is 2. The molecule has 154 valence electrons. The van der Waals surface area contributed by atoms with Gasteiger partial charge in [0.25, 0.3) is 11.8 Å². The first-order chi connectivity index (χ1) is 13.5. The normalized spacial score (nSPS) is 15.3. The third-order valence-electron chi connectivity index (χ3n) is 5.20. The molecule has 0 radical (unpaired) electrons. The molecule has 1 saturated heterocycles. The Morgan fingerprint density at radius 1 is 0.929 bits per heavy atom. The molecular weight excluding hydrogens is 354 g/mol. The van der Waals surface area contributed by atoms with Gasteiger partial charge in [0.05, 0.1) is 0 Å². The molecule has 1 aromatic carbocycles. The van der Waals surface area contributed by atoms with Crippen LogP contribution in [0.5, 0.6) is 0 Å². The molecule has 0 N–H and O–H groups in total. The van der Waals surface area contributed by atoms with Crippen molar-refractivity contribution in [2.75, 3.05) is 0 Å². The number of imide groups is 1. The van der Waals surface area contributed by atoms with Crippen LogP contribution in [0.2, 0.25) is 0 Å². The zero-order valence-corrected chi connectivity index (χ0v) is 17.2. The average molecular weight is 388 g/mol. The van der Waals surface area contributed by atoms with Crippen LogP contribution >= 0.6 is 0 Å². The molecule has 1 aliphatic rings. The fourth-order valence-corrected chi connectivity index (χ4v) is 3.41. The van der Waals surface area contributed by atoms with E-state index in [9.17, 15) is 14.4 Å². The summed E-state index contributed by atoms with van der Waals surface area (Å²) in [7, 11) is 0. The lowest BCUT2D eigenvalue weighted by Crippen LogP contribution is -2.36. The van der Waals surface area contributed by atoms with Crippen LogP contribution in [-0.4, -0.2) is 28.8 Å². The number of hydrogen-bond donors (Lipinski definition) is 0. The number of hydroxylamine groups is 2. The highest BCUT2D eigenvalue weighted by Gasteiger charge is 2.33. The van der Waals surface area contributed by atoms with Gasteiger partial charge in [0.1, 0.15) is 6.10 Å². The highest BCUT2D eigenvalue weighted by atomic mass is 16.7. The Hall–Kier alpha value is -2.01. The van der Waals surface area contributed by atoms with Crippen LogP contribution in [0, 0.1) is 0 Å². The second-order valence-electron chi connectivity index (χ2n) is 7.62. The molecule has 5 nitrogen and oxygen atoms in total. The van der Waals surface area contributed by atoms with Crippen molar-refractivity contribution in [3.8, 4) is 0 Å². The standard InChI is InChI=1S/C23H33NO4/c1-3-4-5-6-7-8-9-10-11-19-12-14-20(15-13-19)23(27)18(2)28-24-21(25)16-17-22(24)26/h12-15,18H,3-11,16-17H2,1-2H3. The predicted molar refractivity (Wildman–Crippen MR) is 109 cm³/mol. The smallest absolute Gasteiger partial charge is 0.254 e. The number of benzene rings is 1. The van der Waals surface area contributed by atoms with E-state index in [1.165, 1.54) is 56.9 Å². The van der Waals surface area contributed by atoms with Gasteiger partial charge in [-0.25, -0.2) is 0 Å². The summed E-state index contributed by atoms with van der Waals surface area (Å²) in [5.41, 5.74) is 1.76. The van der Waals surface area contributed by atoms with Crippen molar-refractivity contribution in [3.63, 3.8) is 0 Å². The first-order valence-corrected chi connectivity index (χ1v) is 10.7. The van der Waals surface area contributed by atoms with Crippen LogP contribution in [0.3, 0.4) is 0 Å². The molecule has 1 aliphatic heterocycles. The van der Waals surface area contributed by atoms with Gasteiger partial charge in [-0.3, -0.25) is 19.2 Å². The molecule has 1 heterocycles. The number of carbonyl (C=O) groups excluding carboxylic acids is 3. The number of aryl methyl sites for hydroxylation is 1. The number of hydrogen-bond acceptors (Lipinski definition) is 4. The van der Waals surface area contributed by atoms with Crippen LogP contribution in [-0.2, 0) is 20.8 Å². The number of unbranched alkanes of at least 4 members (excludes halogenated alkanes) is 7.